The number of nitrogens with one attached hydrogen (secondary N) is 1. The number of fused-ring (bicyclic) bond motifs is 2. The molecule has 1 fully saturated rings. The Morgan fingerprint density at radius 3 is 2.20 bits per heavy atom. The van der Waals surface area contributed by atoms with Crippen LogP contribution in [0, 0.1) is 0 Å². The first-order valence-electron chi connectivity index (χ1n) is 9.81. The normalized spacial score (nSPS) is 17.0. The first-order valence-corrected chi connectivity index (χ1v) is 10.2. The minimum Gasteiger partial charge on any atom is -0.467 e. The number of halogens is 1. The summed E-state index contributed by atoms with van der Waals surface area (Å²) in [6, 6.07) is 9.38. The van der Waals surface area contributed by atoms with Crippen molar-refractivity contribution in [3.63, 3.8) is 0 Å². The summed E-state index contributed by atoms with van der Waals surface area (Å²) >= 11 is 6.47. The first kappa shape index (κ1) is 20.3. The van der Waals surface area contributed by atoms with E-state index in [1.807, 2.05) is 0 Å². The molecule has 0 unspecified atom stereocenters. The van der Waals surface area contributed by atoms with Gasteiger partial charge >= 0.3 is 5.97 Å². The van der Waals surface area contributed by atoms with Crippen molar-refractivity contribution in [1.29, 1.82) is 0 Å². The number of esters is 1. The fourth-order valence-corrected chi connectivity index (χ4v) is 4.67. The molecule has 0 aliphatic heterocycles. The van der Waals surface area contributed by atoms with E-state index in [9.17, 15) is 19.2 Å². The summed E-state index contributed by atoms with van der Waals surface area (Å²) in [5.41, 5.74) is -0.312. The summed E-state index contributed by atoms with van der Waals surface area (Å²) in [6.07, 6.45) is 3.50. The second kappa shape index (κ2) is 7.69. The molecule has 0 saturated heterocycles. The first-order chi connectivity index (χ1) is 14.4. The summed E-state index contributed by atoms with van der Waals surface area (Å²) in [5.74, 6) is -1.79. The van der Waals surface area contributed by atoms with Crippen LogP contribution in [0.15, 0.2) is 36.4 Å². The van der Waals surface area contributed by atoms with Crippen LogP contribution in [0.2, 0.25) is 5.02 Å². The molecule has 4 rings (SSSR count). The molecule has 0 bridgehead atoms. The van der Waals surface area contributed by atoms with E-state index in [4.69, 9.17) is 16.3 Å². The van der Waals surface area contributed by atoms with Crippen molar-refractivity contribution in [2.24, 2.45) is 0 Å². The lowest BCUT2D eigenvalue weighted by atomic mass is 9.81. The van der Waals surface area contributed by atoms with Crippen LogP contribution >= 0.6 is 11.6 Å². The number of methoxy groups -OCH3 is 1. The molecule has 0 aromatic heterocycles. The number of rotatable bonds is 3. The highest BCUT2D eigenvalue weighted by Crippen LogP contribution is 2.35. The van der Waals surface area contributed by atoms with Gasteiger partial charge in [0.1, 0.15) is 5.54 Å². The Morgan fingerprint density at radius 1 is 0.933 bits per heavy atom. The van der Waals surface area contributed by atoms with Gasteiger partial charge in [-0.05, 0) is 25.0 Å². The number of ketones is 2. The van der Waals surface area contributed by atoms with E-state index in [0.717, 1.165) is 19.3 Å². The van der Waals surface area contributed by atoms with E-state index in [2.05, 4.69) is 5.32 Å². The van der Waals surface area contributed by atoms with Crippen LogP contribution in [0.5, 0.6) is 0 Å². The Morgan fingerprint density at radius 2 is 1.57 bits per heavy atom. The van der Waals surface area contributed by atoms with E-state index in [1.165, 1.54) is 19.2 Å². The van der Waals surface area contributed by atoms with Crippen LogP contribution in [0.25, 0.3) is 0 Å². The fraction of sp³-hybridized carbons (Fsp3) is 0.304. The second-order valence-electron chi connectivity index (χ2n) is 7.64. The Kier molecular flexibility index (Phi) is 5.20. The number of carbonyl (C=O) groups excluding carboxylic acids is 4. The molecule has 154 valence electrons. The third-order valence-electron chi connectivity index (χ3n) is 5.91. The van der Waals surface area contributed by atoms with Crippen LogP contribution in [0.3, 0.4) is 0 Å². The molecule has 6 nitrogen and oxygen atoms in total. The number of hydrogen-bond acceptors (Lipinski definition) is 5. The van der Waals surface area contributed by atoms with Gasteiger partial charge in [0, 0.05) is 16.7 Å². The highest BCUT2D eigenvalue weighted by atomic mass is 35.5. The molecule has 2 aromatic rings. The van der Waals surface area contributed by atoms with E-state index in [0.29, 0.717) is 18.4 Å². The monoisotopic (exact) mass is 425 g/mol. The lowest BCUT2D eigenvalue weighted by Gasteiger charge is -2.35. The Hall–Kier alpha value is -2.99. The summed E-state index contributed by atoms with van der Waals surface area (Å²) in [7, 11) is 1.29. The molecule has 1 saturated carbocycles. The predicted octanol–water partition coefficient (Wildman–Crippen LogP) is 3.72. The highest BCUT2D eigenvalue weighted by Gasteiger charge is 2.43. The van der Waals surface area contributed by atoms with Crippen molar-refractivity contribution in [2.75, 3.05) is 7.11 Å². The summed E-state index contributed by atoms with van der Waals surface area (Å²) < 4.78 is 4.94. The number of ether oxygens (including phenoxy) is 1. The fourth-order valence-electron chi connectivity index (χ4n) is 4.34. The lowest BCUT2D eigenvalue weighted by Crippen LogP contribution is -2.56. The zero-order valence-electron chi connectivity index (χ0n) is 16.4. The van der Waals surface area contributed by atoms with Gasteiger partial charge in [-0.1, -0.05) is 55.1 Å². The molecular formula is C23H20ClNO5. The zero-order valence-corrected chi connectivity index (χ0v) is 17.2. The van der Waals surface area contributed by atoms with Gasteiger partial charge in [-0.15, -0.1) is 0 Å². The predicted molar refractivity (Wildman–Crippen MR) is 110 cm³/mol. The van der Waals surface area contributed by atoms with Crippen molar-refractivity contribution < 1.29 is 23.9 Å². The quantitative estimate of drug-likeness (QED) is 0.646. The van der Waals surface area contributed by atoms with Crippen molar-refractivity contribution in [3.05, 3.63) is 69.2 Å². The molecule has 30 heavy (non-hydrogen) atoms. The molecule has 2 aliphatic rings. The van der Waals surface area contributed by atoms with Crippen molar-refractivity contribution in [3.8, 4) is 0 Å². The largest absolute Gasteiger partial charge is 0.467 e. The minimum atomic E-state index is -1.12. The average Bonchev–Trinajstić information content (AvgIpc) is 2.77. The zero-order chi connectivity index (χ0) is 21.5. The van der Waals surface area contributed by atoms with Gasteiger partial charge in [-0.2, -0.15) is 0 Å². The third-order valence-corrected chi connectivity index (χ3v) is 6.30. The molecule has 1 amide bonds. The maximum absolute atomic E-state index is 13.1. The smallest absolute Gasteiger partial charge is 0.331 e. The van der Waals surface area contributed by atoms with Gasteiger partial charge in [-0.25, -0.2) is 4.79 Å². The SMILES string of the molecule is COC(=O)C1(NC(=O)c2ccc3c(c2Cl)C(=O)c2ccccc2C3=O)CCCCC1. The van der Waals surface area contributed by atoms with Gasteiger partial charge in [-0.3, -0.25) is 14.4 Å². The van der Waals surface area contributed by atoms with Gasteiger partial charge in [0.05, 0.1) is 23.3 Å². The summed E-state index contributed by atoms with van der Waals surface area (Å²) in [6.45, 7) is 0. The molecule has 0 atom stereocenters. The van der Waals surface area contributed by atoms with Crippen LogP contribution in [-0.2, 0) is 9.53 Å². The minimum absolute atomic E-state index is 0.0174. The highest BCUT2D eigenvalue weighted by molar-refractivity contribution is 6.41. The van der Waals surface area contributed by atoms with E-state index in [1.54, 1.807) is 24.3 Å². The summed E-state index contributed by atoms with van der Waals surface area (Å²) in [4.78, 5) is 51.3. The topological polar surface area (TPSA) is 89.5 Å². The maximum atomic E-state index is 13.1. The van der Waals surface area contributed by atoms with Gasteiger partial charge in [0.25, 0.3) is 5.91 Å². The number of amides is 1. The van der Waals surface area contributed by atoms with Gasteiger partial charge in [0.2, 0.25) is 0 Å². The van der Waals surface area contributed by atoms with Gasteiger partial charge < -0.3 is 10.1 Å². The molecule has 2 aliphatic carbocycles. The Bertz CT molecular complexity index is 1080. The van der Waals surface area contributed by atoms with Crippen LogP contribution < -0.4 is 5.32 Å². The molecule has 0 radical (unpaired) electrons. The lowest BCUT2D eigenvalue weighted by molar-refractivity contribution is -0.149. The van der Waals surface area contributed by atoms with Crippen LogP contribution in [0.1, 0.15) is 74.3 Å². The van der Waals surface area contributed by atoms with E-state index in [-0.39, 0.29) is 33.1 Å². The summed E-state index contributed by atoms with van der Waals surface area (Å²) in [5, 5.41) is 2.71. The molecule has 7 heteroatoms. The van der Waals surface area contributed by atoms with E-state index >= 15 is 0 Å². The van der Waals surface area contributed by atoms with Crippen molar-refractivity contribution in [2.45, 2.75) is 37.6 Å². The number of hydrogen-bond donors (Lipinski definition) is 1. The molecule has 1 N–H and O–H groups in total. The molecule has 0 spiro atoms. The van der Waals surface area contributed by atoms with E-state index < -0.39 is 23.2 Å². The maximum Gasteiger partial charge on any atom is 0.331 e. The standard InChI is InChI=1S/C23H20ClNO5/c1-30-22(29)23(11-5-2-6-12-23)25-21(28)16-10-9-15-17(18(16)24)20(27)14-8-4-3-7-13(14)19(15)26/h3-4,7-10H,2,5-6,11-12H2,1H3,(H,25,28). The van der Waals surface area contributed by atoms with Gasteiger partial charge in [0.15, 0.2) is 11.6 Å². The third kappa shape index (κ3) is 3.12. The molecular weight excluding hydrogens is 406 g/mol. The molecule has 0 heterocycles. The Balaban J connectivity index is 1.73. The average molecular weight is 426 g/mol. The van der Waals surface area contributed by atoms with Crippen LogP contribution in [-0.4, -0.2) is 36.1 Å². The second-order valence-corrected chi connectivity index (χ2v) is 8.02. The van der Waals surface area contributed by atoms with Crippen molar-refractivity contribution >= 4 is 35.0 Å². The number of carbonyl (C=O) groups is 4. The Labute approximate surface area is 178 Å². The molecule has 2 aromatic carbocycles. The van der Waals surface area contributed by atoms with Crippen LogP contribution in [0.4, 0.5) is 0 Å². The number of benzene rings is 2. The van der Waals surface area contributed by atoms with Crippen molar-refractivity contribution in [1.82, 2.24) is 5.32 Å².